The molecule has 0 fully saturated rings. The summed E-state index contributed by atoms with van der Waals surface area (Å²) in [5.41, 5.74) is 12.3. The predicted molar refractivity (Wildman–Crippen MR) is 74.1 cm³/mol. The van der Waals surface area contributed by atoms with Crippen LogP contribution in [0.3, 0.4) is 0 Å². The molecule has 6 heteroatoms. The first-order valence-corrected chi connectivity index (χ1v) is 5.76. The lowest BCUT2D eigenvalue weighted by Gasteiger charge is -2.09. The zero-order valence-electron chi connectivity index (χ0n) is 9.78. The van der Waals surface area contributed by atoms with Crippen LogP contribution in [-0.2, 0) is 0 Å². The van der Waals surface area contributed by atoms with Gasteiger partial charge in [-0.1, -0.05) is 11.6 Å². The molecule has 4 nitrogen and oxygen atoms in total. The van der Waals surface area contributed by atoms with Crippen LogP contribution in [0.15, 0.2) is 36.4 Å². The van der Waals surface area contributed by atoms with Crippen molar-refractivity contribution in [3.8, 4) is 0 Å². The van der Waals surface area contributed by atoms with Gasteiger partial charge in [0, 0.05) is 22.1 Å². The van der Waals surface area contributed by atoms with Gasteiger partial charge in [-0.25, -0.2) is 4.39 Å². The number of primary amides is 1. The van der Waals surface area contributed by atoms with E-state index in [9.17, 15) is 9.18 Å². The normalized spacial score (nSPS) is 10.2. The van der Waals surface area contributed by atoms with Gasteiger partial charge in [-0.15, -0.1) is 0 Å². The van der Waals surface area contributed by atoms with Crippen molar-refractivity contribution in [1.29, 1.82) is 0 Å². The summed E-state index contributed by atoms with van der Waals surface area (Å²) in [5, 5.41) is 3.19. The number of halogens is 2. The molecule has 0 saturated carbocycles. The van der Waals surface area contributed by atoms with E-state index in [1.165, 1.54) is 18.2 Å². The van der Waals surface area contributed by atoms with Crippen molar-refractivity contribution < 1.29 is 9.18 Å². The third kappa shape index (κ3) is 3.14. The van der Waals surface area contributed by atoms with Crippen molar-refractivity contribution in [2.45, 2.75) is 0 Å². The minimum absolute atomic E-state index is 0.201. The second-order valence-corrected chi connectivity index (χ2v) is 4.39. The van der Waals surface area contributed by atoms with Gasteiger partial charge in [-0.2, -0.15) is 0 Å². The maximum atomic E-state index is 13.2. The van der Waals surface area contributed by atoms with Crippen LogP contribution >= 0.6 is 11.6 Å². The number of amides is 1. The number of benzene rings is 2. The molecule has 0 aliphatic heterocycles. The van der Waals surface area contributed by atoms with E-state index in [0.717, 1.165) is 0 Å². The number of nitrogen functional groups attached to an aromatic ring is 1. The average Bonchev–Trinajstić information content (AvgIpc) is 2.30. The van der Waals surface area contributed by atoms with Gasteiger partial charge < -0.3 is 16.8 Å². The monoisotopic (exact) mass is 279 g/mol. The molecule has 0 atom stereocenters. The van der Waals surface area contributed by atoms with E-state index in [-0.39, 0.29) is 16.3 Å². The molecule has 0 bridgehead atoms. The number of hydrogen-bond donors (Lipinski definition) is 3. The van der Waals surface area contributed by atoms with Crippen molar-refractivity contribution >= 4 is 34.6 Å². The highest BCUT2D eigenvalue weighted by Gasteiger charge is 2.07. The van der Waals surface area contributed by atoms with Crippen molar-refractivity contribution in [3.05, 3.63) is 52.8 Å². The quantitative estimate of drug-likeness (QED) is 0.756. The minimum Gasteiger partial charge on any atom is -0.398 e. The number of nitrogens with one attached hydrogen (secondary N) is 1. The van der Waals surface area contributed by atoms with Crippen LogP contribution in [0.2, 0.25) is 5.02 Å². The molecule has 0 radical (unpaired) electrons. The first kappa shape index (κ1) is 13.2. The van der Waals surface area contributed by atoms with Gasteiger partial charge in [0.2, 0.25) is 0 Å². The predicted octanol–water partition coefficient (Wildman–Crippen LogP) is 2.90. The SMILES string of the molecule is NC(=O)c1cc(Nc2cc(F)cc(Cl)c2)ccc1N. The molecule has 1 amide bonds. The number of carbonyl (C=O) groups is 1. The van der Waals surface area contributed by atoms with Crippen LogP contribution in [0, 0.1) is 5.82 Å². The summed E-state index contributed by atoms with van der Waals surface area (Å²) in [4.78, 5) is 11.2. The molecule has 2 aromatic rings. The Morgan fingerprint density at radius 2 is 1.89 bits per heavy atom. The molecule has 5 N–H and O–H groups in total. The van der Waals surface area contributed by atoms with Gasteiger partial charge in [0.25, 0.3) is 5.91 Å². The first-order valence-electron chi connectivity index (χ1n) is 5.38. The summed E-state index contributed by atoms with van der Waals surface area (Å²) in [7, 11) is 0. The standard InChI is InChI=1S/C13H11ClFN3O/c14-7-3-8(15)5-10(4-7)18-9-1-2-12(16)11(6-9)13(17)19/h1-6,18H,16H2,(H2,17,19). The summed E-state index contributed by atoms with van der Waals surface area (Å²) < 4.78 is 13.2. The zero-order chi connectivity index (χ0) is 14.0. The summed E-state index contributed by atoms with van der Waals surface area (Å²) in [6.45, 7) is 0. The Balaban J connectivity index is 2.33. The second kappa shape index (κ2) is 5.16. The third-order valence-electron chi connectivity index (χ3n) is 2.47. The van der Waals surface area contributed by atoms with Crippen LogP contribution in [0.4, 0.5) is 21.5 Å². The Morgan fingerprint density at radius 3 is 2.53 bits per heavy atom. The van der Waals surface area contributed by atoms with Crippen molar-refractivity contribution in [2.75, 3.05) is 11.1 Å². The number of anilines is 3. The highest BCUT2D eigenvalue weighted by molar-refractivity contribution is 6.30. The van der Waals surface area contributed by atoms with Gasteiger partial charge in [0.15, 0.2) is 0 Å². The van der Waals surface area contributed by atoms with E-state index in [2.05, 4.69) is 5.32 Å². The van der Waals surface area contributed by atoms with Gasteiger partial charge >= 0.3 is 0 Å². The average molecular weight is 280 g/mol. The lowest BCUT2D eigenvalue weighted by molar-refractivity contribution is 0.100. The minimum atomic E-state index is -0.626. The zero-order valence-corrected chi connectivity index (χ0v) is 10.5. The lowest BCUT2D eigenvalue weighted by atomic mass is 10.1. The highest BCUT2D eigenvalue weighted by Crippen LogP contribution is 2.24. The molecule has 2 aromatic carbocycles. The largest absolute Gasteiger partial charge is 0.398 e. The first-order chi connectivity index (χ1) is 8.95. The molecule has 0 aliphatic rings. The van der Waals surface area contributed by atoms with Gasteiger partial charge in [0.05, 0.1) is 5.56 Å². The molecule has 0 aromatic heterocycles. The maximum absolute atomic E-state index is 13.2. The lowest BCUT2D eigenvalue weighted by Crippen LogP contribution is -2.13. The fourth-order valence-corrected chi connectivity index (χ4v) is 1.86. The Morgan fingerprint density at radius 1 is 1.16 bits per heavy atom. The van der Waals surface area contributed by atoms with Crippen LogP contribution in [0.1, 0.15) is 10.4 Å². The molecule has 0 aliphatic carbocycles. The van der Waals surface area contributed by atoms with Crippen LogP contribution in [-0.4, -0.2) is 5.91 Å². The summed E-state index contributed by atoms with van der Waals surface area (Å²) in [6.07, 6.45) is 0. The highest BCUT2D eigenvalue weighted by atomic mass is 35.5. The number of nitrogens with two attached hydrogens (primary N) is 2. The molecule has 0 spiro atoms. The van der Waals surface area contributed by atoms with Gasteiger partial charge in [-0.05, 0) is 36.4 Å². The number of hydrogen-bond acceptors (Lipinski definition) is 3. The molecular formula is C13H11ClFN3O. The Hall–Kier alpha value is -2.27. The smallest absolute Gasteiger partial charge is 0.250 e. The van der Waals surface area contributed by atoms with E-state index in [4.69, 9.17) is 23.1 Å². The van der Waals surface area contributed by atoms with Gasteiger partial charge in [0.1, 0.15) is 5.82 Å². The third-order valence-corrected chi connectivity index (χ3v) is 2.69. The van der Waals surface area contributed by atoms with E-state index in [0.29, 0.717) is 11.4 Å². The van der Waals surface area contributed by atoms with Crippen molar-refractivity contribution in [2.24, 2.45) is 5.73 Å². The molecule has 98 valence electrons. The summed E-state index contributed by atoms with van der Waals surface area (Å²) in [5.74, 6) is -1.08. The molecule has 0 saturated heterocycles. The summed E-state index contributed by atoms with van der Waals surface area (Å²) >= 11 is 5.75. The molecular weight excluding hydrogens is 269 g/mol. The van der Waals surface area contributed by atoms with E-state index >= 15 is 0 Å². The Kier molecular flexibility index (Phi) is 3.57. The fraction of sp³-hybridized carbons (Fsp3) is 0. The van der Waals surface area contributed by atoms with Crippen molar-refractivity contribution in [3.63, 3.8) is 0 Å². The van der Waals surface area contributed by atoms with Crippen LogP contribution < -0.4 is 16.8 Å². The summed E-state index contributed by atoms with van der Waals surface area (Å²) in [6, 6.07) is 8.74. The fourth-order valence-electron chi connectivity index (χ4n) is 1.64. The van der Waals surface area contributed by atoms with E-state index in [1.807, 2.05) is 0 Å². The Labute approximate surface area is 114 Å². The van der Waals surface area contributed by atoms with Crippen molar-refractivity contribution in [1.82, 2.24) is 0 Å². The Bertz CT molecular complexity index is 626. The number of carbonyl (C=O) groups excluding carboxylic acids is 1. The molecule has 0 unspecified atom stereocenters. The van der Waals surface area contributed by atoms with E-state index in [1.54, 1.807) is 18.2 Å². The molecule has 2 rings (SSSR count). The van der Waals surface area contributed by atoms with E-state index < -0.39 is 11.7 Å². The molecule has 19 heavy (non-hydrogen) atoms. The number of rotatable bonds is 3. The maximum Gasteiger partial charge on any atom is 0.250 e. The second-order valence-electron chi connectivity index (χ2n) is 3.95. The van der Waals surface area contributed by atoms with Crippen LogP contribution in [0.5, 0.6) is 0 Å². The van der Waals surface area contributed by atoms with Crippen LogP contribution in [0.25, 0.3) is 0 Å². The molecule has 0 heterocycles. The topological polar surface area (TPSA) is 81.1 Å². The van der Waals surface area contributed by atoms with Gasteiger partial charge in [-0.3, -0.25) is 4.79 Å².